The van der Waals surface area contributed by atoms with Crippen LogP contribution in [0.3, 0.4) is 0 Å². The molecule has 1 unspecified atom stereocenters. The number of nitrogens with one attached hydrogen (secondary N) is 1. The summed E-state index contributed by atoms with van der Waals surface area (Å²) in [5.74, 6) is -0.265. The van der Waals surface area contributed by atoms with Crippen LogP contribution in [0.25, 0.3) is 0 Å². The lowest BCUT2D eigenvalue weighted by atomic mass is 10.0. The van der Waals surface area contributed by atoms with Crippen LogP contribution in [0.15, 0.2) is 42.7 Å². The lowest BCUT2D eigenvalue weighted by molar-refractivity contribution is -0.126. The molecule has 2 amide bonds. The van der Waals surface area contributed by atoms with E-state index in [4.69, 9.17) is 23.2 Å². The summed E-state index contributed by atoms with van der Waals surface area (Å²) in [4.78, 5) is 43.2. The van der Waals surface area contributed by atoms with Gasteiger partial charge in [0.2, 0.25) is 5.91 Å². The number of rotatable bonds is 6. The lowest BCUT2D eigenvalue weighted by Gasteiger charge is -2.30. The number of Topliss-reactive ketones (excluding diaryl/α,β-unsaturated/α-hetero) is 1. The van der Waals surface area contributed by atoms with Crippen LogP contribution in [0.4, 0.5) is 0 Å². The zero-order chi connectivity index (χ0) is 22.1. The third-order valence-corrected chi connectivity index (χ3v) is 6.35. The number of nitrogens with zero attached hydrogens (tertiary/aromatic N) is 2. The predicted molar refractivity (Wildman–Crippen MR) is 118 cm³/mol. The fourth-order valence-corrected chi connectivity index (χ4v) is 4.27. The molecule has 1 N–H and O–H groups in total. The minimum Gasteiger partial charge on any atom is -0.329 e. The van der Waals surface area contributed by atoms with Gasteiger partial charge in [0, 0.05) is 42.5 Å². The third-order valence-electron chi connectivity index (χ3n) is 5.64. The first-order valence-electron chi connectivity index (χ1n) is 10.0. The van der Waals surface area contributed by atoms with E-state index in [1.807, 2.05) is 12.1 Å². The van der Waals surface area contributed by atoms with Crippen LogP contribution in [0.5, 0.6) is 0 Å². The SMILES string of the molecule is C=C1CCC(N2Cc3cc(CCC(=O)Cc4cc(Cl)c(Cl)cn4)ccc3C2=O)C(=O)N1. The summed E-state index contributed by atoms with van der Waals surface area (Å²) in [6, 6.07) is 6.74. The number of piperidine rings is 1. The van der Waals surface area contributed by atoms with Crippen LogP contribution in [-0.2, 0) is 29.0 Å². The number of carbonyl (C=O) groups excluding carboxylic acids is 3. The molecular weight excluding hydrogens is 437 g/mol. The molecule has 2 aliphatic heterocycles. The topological polar surface area (TPSA) is 79.4 Å². The summed E-state index contributed by atoms with van der Waals surface area (Å²) in [5.41, 5.74) is 3.76. The summed E-state index contributed by atoms with van der Waals surface area (Å²) in [5, 5.41) is 3.47. The number of fused-ring (bicyclic) bond motifs is 1. The van der Waals surface area contributed by atoms with E-state index in [-0.39, 0.29) is 24.0 Å². The molecule has 6 nitrogen and oxygen atoms in total. The summed E-state index contributed by atoms with van der Waals surface area (Å²) in [7, 11) is 0. The van der Waals surface area contributed by atoms with Gasteiger partial charge in [0.1, 0.15) is 11.8 Å². The van der Waals surface area contributed by atoms with Gasteiger partial charge in [-0.3, -0.25) is 19.4 Å². The van der Waals surface area contributed by atoms with Crippen molar-refractivity contribution in [2.24, 2.45) is 0 Å². The molecule has 0 bridgehead atoms. The van der Waals surface area contributed by atoms with E-state index < -0.39 is 6.04 Å². The van der Waals surface area contributed by atoms with Crippen molar-refractivity contribution >= 4 is 40.8 Å². The number of amides is 2. The largest absolute Gasteiger partial charge is 0.329 e. The Kier molecular flexibility index (Phi) is 6.12. The molecule has 2 aromatic rings. The second-order valence-corrected chi connectivity index (χ2v) is 8.69. The van der Waals surface area contributed by atoms with E-state index in [1.54, 1.807) is 17.0 Å². The fraction of sp³-hybridized carbons (Fsp3) is 0.304. The van der Waals surface area contributed by atoms with Gasteiger partial charge in [0.25, 0.3) is 5.91 Å². The Morgan fingerprint density at radius 1 is 1.23 bits per heavy atom. The Labute approximate surface area is 190 Å². The van der Waals surface area contributed by atoms with E-state index in [1.165, 1.54) is 6.20 Å². The highest BCUT2D eigenvalue weighted by molar-refractivity contribution is 6.41. The van der Waals surface area contributed by atoms with Crippen molar-refractivity contribution in [1.82, 2.24) is 15.2 Å². The summed E-state index contributed by atoms with van der Waals surface area (Å²) in [6.07, 6.45) is 3.79. The number of pyridine rings is 1. The van der Waals surface area contributed by atoms with Crippen LogP contribution in [0, 0.1) is 0 Å². The van der Waals surface area contributed by atoms with Crippen molar-refractivity contribution in [2.75, 3.05) is 0 Å². The number of aryl methyl sites for hydroxylation is 1. The van der Waals surface area contributed by atoms with Crippen molar-refractivity contribution in [2.45, 2.75) is 44.7 Å². The fourth-order valence-electron chi connectivity index (χ4n) is 3.99. The number of allylic oxidation sites excluding steroid dienone is 1. The third kappa shape index (κ3) is 4.65. The summed E-state index contributed by atoms with van der Waals surface area (Å²) >= 11 is 11.8. The Bertz CT molecular complexity index is 1100. The molecule has 31 heavy (non-hydrogen) atoms. The van der Waals surface area contributed by atoms with Gasteiger partial charge < -0.3 is 10.2 Å². The number of hydrogen-bond donors (Lipinski definition) is 1. The molecule has 3 heterocycles. The standard InChI is InChI=1S/C23H21Cl2N3O3/c1-13-2-7-21(22(30)27-13)28-12-15-8-14(4-6-18(15)23(28)31)3-5-17(29)9-16-10-19(24)20(25)11-26-16/h4,6,8,10-11,21H,1-3,5,7,9,12H2,(H,27,30). The maximum atomic E-state index is 12.8. The summed E-state index contributed by atoms with van der Waals surface area (Å²) in [6.45, 7) is 4.18. The molecule has 1 fully saturated rings. The van der Waals surface area contributed by atoms with Gasteiger partial charge in [0.15, 0.2) is 0 Å². The van der Waals surface area contributed by atoms with Crippen molar-refractivity contribution in [1.29, 1.82) is 0 Å². The first-order chi connectivity index (χ1) is 14.8. The normalized spacial score (nSPS) is 18.2. The molecule has 160 valence electrons. The molecule has 1 aromatic heterocycles. The highest BCUT2D eigenvalue weighted by atomic mass is 35.5. The molecule has 8 heteroatoms. The monoisotopic (exact) mass is 457 g/mol. The molecule has 0 saturated carbocycles. The van der Waals surface area contributed by atoms with Crippen LogP contribution in [-0.4, -0.2) is 33.5 Å². The average Bonchev–Trinajstić information content (AvgIpc) is 3.05. The van der Waals surface area contributed by atoms with Crippen molar-refractivity contribution in [3.8, 4) is 0 Å². The number of hydrogen-bond acceptors (Lipinski definition) is 4. The molecule has 2 aliphatic rings. The van der Waals surface area contributed by atoms with Gasteiger partial charge in [-0.05, 0) is 42.5 Å². The van der Waals surface area contributed by atoms with Gasteiger partial charge in [-0.25, -0.2) is 0 Å². The molecule has 1 aromatic carbocycles. The van der Waals surface area contributed by atoms with Gasteiger partial charge >= 0.3 is 0 Å². The predicted octanol–water partition coefficient (Wildman–Crippen LogP) is 3.88. The number of benzene rings is 1. The highest BCUT2D eigenvalue weighted by Crippen LogP contribution is 2.29. The van der Waals surface area contributed by atoms with Crippen LogP contribution >= 0.6 is 23.2 Å². The van der Waals surface area contributed by atoms with Crippen molar-refractivity contribution in [3.05, 3.63) is 75.2 Å². The molecule has 1 saturated heterocycles. The van der Waals surface area contributed by atoms with Crippen molar-refractivity contribution in [3.63, 3.8) is 0 Å². The Morgan fingerprint density at radius 2 is 2.03 bits per heavy atom. The smallest absolute Gasteiger partial charge is 0.255 e. The Morgan fingerprint density at radius 3 is 2.77 bits per heavy atom. The van der Waals surface area contributed by atoms with Crippen molar-refractivity contribution < 1.29 is 14.4 Å². The van der Waals surface area contributed by atoms with E-state index in [9.17, 15) is 14.4 Å². The van der Waals surface area contributed by atoms with Crippen LogP contribution in [0.1, 0.15) is 46.4 Å². The zero-order valence-electron chi connectivity index (χ0n) is 16.8. The second-order valence-electron chi connectivity index (χ2n) is 7.88. The van der Waals surface area contributed by atoms with Gasteiger partial charge in [-0.1, -0.05) is 41.9 Å². The number of carbonyl (C=O) groups is 3. The number of halogens is 2. The molecule has 1 atom stereocenters. The average molecular weight is 458 g/mol. The van der Waals surface area contributed by atoms with Gasteiger partial charge in [-0.15, -0.1) is 0 Å². The maximum absolute atomic E-state index is 12.8. The van der Waals surface area contributed by atoms with Crippen LogP contribution < -0.4 is 5.32 Å². The molecule has 4 rings (SSSR count). The quantitative estimate of drug-likeness (QED) is 0.713. The Hall–Kier alpha value is -2.70. The number of aromatic nitrogens is 1. The second kappa shape index (κ2) is 8.81. The van der Waals surface area contributed by atoms with E-state index >= 15 is 0 Å². The molecular formula is C23H21Cl2N3O3. The first-order valence-corrected chi connectivity index (χ1v) is 10.8. The zero-order valence-corrected chi connectivity index (χ0v) is 18.3. The molecule has 0 radical (unpaired) electrons. The minimum atomic E-state index is -0.478. The van der Waals surface area contributed by atoms with Gasteiger partial charge in [-0.2, -0.15) is 0 Å². The van der Waals surface area contributed by atoms with Gasteiger partial charge in [0.05, 0.1) is 10.0 Å². The minimum absolute atomic E-state index is 0.0446. The van der Waals surface area contributed by atoms with E-state index in [2.05, 4.69) is 16.9 Å². The van der Waals surface area contributed by atoms with Crippen LogP contribution in [0.2, 0.25) is 10.0 Å². The lowest BCUT2D eigenvalue weighted by Crippen LogP contribution is -2.49. The summed E-state index contributed by atoms with van der Waals surface area (Å²) < 4.78 is 0. The number of ketones is 1. The van der Waals surface area contributed by atoms with E-state index in [0.717, 1.165) is 11.1 Å². The molecule has 0 spiro atoms. The highest BCUT2D eigenvalue weighted by Gasteiger charge is 2.38. The Balaban J connectivity index is 1.38. The maximum Gasteiger partial charge on any atom is 0.255 e. The first kappa shape index (κ1) is 21.5. The molecule has 0 aliphatic carbocycles. The van der Waals surface area contributed by atoms with E-state index in [0.29, 0.717) is 59.2 Å².